The second-order valence-corrected chi connectivity index (χ2v) is 4.83. The first-order valence-electron chi connectivity index (χ1n) is 6.12. The molecule has 0 aliphatic carbocycles. The maximum absolute atomic E-state index is 12.3. The third kappa shape index (κ3) is 3.01. The van der Waals surface area contributed by atoms with Crippen LogP contribution in [0.5, 0.6) is 0 Å². The molecule has 94 valence electrons. The SMILES string of the molecule is CCCN(C(=O)c1cnsn1)C1CCNCC1. The van der Waals surface area contributed by atoms with Crippen LogP contribution in [0.3, 0.4) is 0 Å². The Bertz CT molecular complexity index is 348. The Hall–Kier alpha value is -1.01. The van der Waals surface area contributed by atoms with Gasteiger partial charge in [0.1, 0.15) is 0 Å². The molecule has 6 heteroatoms. The molecule has 1 N–H and O–H groups in total. The highest BCUT2D eigenvalue weighted by molar-refractivity contribution is 6.99. The first kappa shape index (κ1) is 12.4. The summed E-state index contributed by atoms with van der Waals surface area (Å²) in [6.07, 6.45) is 4.61. The van der Waals surface area contributed by atoms with Crippen LogP contribution in [-0.4, -0.2) is 45.2 Å². The van der Waals surface area contributed by atoms with E-state index in [0.717, 1.165) is 50.6 Å². The normalized spacial score (nSPS) is 17.0. The Kier molecular flexibility index (Phi) is 4.44. The standard InChI is InChI=1S/C11H18N4OS/c1-2-7-15(9-3-5-12-6-4-9)11(16)10-8-13-17-14-10/h8-9,12H,2-7H2,1H3. The van der Waals surface area contributed by atoms with E-state index in [1.807, 2.05) is 4.90 Å². The van der Waals surface area contributed by atoms with Crippen LogP contribution >= 0.6 is 11.7 Å². The van der Waals surface area contributed by atoms with Crippen molar-refractivity contribution >= 4 is 17.6 Å². The van der Waals surface area contributed by atoms with Gasteiger partial charge in [-0.25, -0.2) is 0 Å². The van der Waals surface area contributed by atoms with Crippen LogP contribution in [0, 0.1) is 0 Å². The second kappa shape index (κ2) is 6.07. The smallest absolute Gasteiger partial charge is 0.275 e. The van der Waals surface area contributed by atoms with Gasteiger partial charge in [0.2, 0.25) is 0 Å². The van der Waals surface area contributed by atoms with E-state index in [0.29, 0.717) is 11.7 Å². The van der Waals surface area contributed by atoms with E-state index in [9.17, 15) is 4.79 Å². The molecule has 1 saturated heterocycles. The molecule has 0 unspecified atom stereocenters. The van der Waals surface area contributed by atoms with Gasteiger partial charge in [0.25, 0.3) is 5.91 Å². The van der Waals surface area contributed by atoms with Gasteiger partial charge in [0.15, 0.2) is 5.69 Å². The Morgan fingerprint density at radius 3 is 2.94 bits per heavy atom. The summed E-state index contributed by atoms with van der Waals surface area (Å²) in [5.74, 6) is 0.0347. The predicted octanol–water partition coefficient (Wildman–Crippen LogP) is 1.14. The Balaban J connectivity index is 2.07. The first-order valence-corrected chi connectivity index (χ1v) is 6.85. The zero-order chi connectivity index (χ0) is 12.1. The zero-order valence-electron chi connectivity index (χ0n) is 10.1. The van der Waals surface area contributed by atoms with Crippen LogP contribution in [0.1, 0.15) is 36.7 Å². The van der Waals surface area contributed by atoms with Crippen LogP contribution in [0.2, 0.25) is 0 Å². The number of nitrogens with zero attached hydrogens (tertiary/aromatic N) is 3. The summed E-state index contributed by atoms with van der Waals surface area (Å²) >= 11 is 1.09. The summed E-state index contributed by atoms with van der Waals surface area (Å²) in [5.41, 5.74) is 0.488. The van der Waals surface area contributed by atoms with Crippen molar-refractivity contribution in [3.05, 3.63) is 11.9 Å². The van der Waals surface area contributed by atoms with Gasteiger partial charge < -0.3 is 10.2 Å². The molecule has 1 aromatic heterocycles. The van der Waals surface area contributed by atoms with E-state index in [1.54, 1.807) is 6.20 Å². The summed E-state index contributed by atoms with van der Waals surface area (Å²) in [6, 6.07) is 0.352. The molecule has 5 nitrogen and oxygen atoms in total. The zero-order valence-corrected chi connectivity index (χ0v) is 10.9. The minimum absolute atomic E-state index is 0.0347. The molecular weight excluding hydrogens is 236 g/mol. The predicted molar refractivity (Wildman–Crippen MR) is 67.1 cm³/mol. The van der Waals surface area contributed by atoms with Gasteiger partial charge in [-0.1, -0.05) is 6.92 Å². The molecule has 1 fully saturated rings. The van der Waals surface area contributed by atoms with E-state index >= 15 is 0 Å². The molecule has 0 bridgehead atoms. The molecular formula is C11H18N4OS. The minimum Gasteiger partial charge on any atom is -0.334 e. The van der Waals surface area contributed by atoms with Crippen LogP contribution in [0.15, 0.2) is 6.20 Å². The quantitative estimate of drug-likeness (QED) is 0.875. The number of nitrogens with one attached hydrogen (secondary N) is 1. The fourth-order valence-electron chi connectivity index (χ4n) is 2.22. The van der Waals surface area contributed by atoms with Gasteiger partial charge >= 0.3 is 0 Å². The monoisotopic (exact) mass is 254 g/mol. The highest BCUT2D eigenvalue weighted by atomic mass is 32.1. The molecule has 2 heterocycles. The molecule has 0 radical (unpaired) electrons. The van der Waals surface area contributed by atoms with Gasteiger partial charge in [-0.15, -0.1) is 0 Å². The summed E-state index contributed by atoms with van der Waals surface area (Å²) in [6.45, 7) is 4.89. The molecule has 1 aromatic rings. The number of carbonyl (C=O) groups is 1. The Labute approximate surface area is 106 Å². The average Bonchev–Trinajstić information content (AvgIpc) is 2.90. The number of amides is 1. The van der Waals surface area contributed by atoms with Crippen molar-refractivity contribution in [3.8, 4) is 0 Å². The van der Waals surface area contributed by atoms with Gasteiger partial charge in [0.05, 0.1) is 17.9 Å². The molecule has 17 heavy (non-hydrogen) atoms. The van der Waals surface area contributed by atoms with Gasteiger partial charge in [-0.3, -0.25) is 4.79 Å². The van der Waals surface area contributed by atoms with Crippen LogP contribution in [0.25, 0.3) is 0 Å². The van der Waals surface area contributed by atoms with E-state index in [2.05, 4.69) is 21.0 Å². The number of rotatable bonds is 4. The van der Waals surface area contributed by atoms with Gasteiger partial charge in [-0.05, 0) is 32.4 Å². The third-order valence-electron chi connectivity index (χ3n) is 3.06. The molecule has 0 atom stereocenters. The van der Waals surface area contributed by atoms with Gasteiger partial charge in [-0.2, -0.15) is 8.75 Å². The van der Waals surface area contributed by atoms with E-state index in [-0.39, 0.29) is 5.91 Å². The highest BCUT2D eigenvalue weighted by Crippen LogP contribution is 2.15. The van der Waals surface area contributed by atoms with Crippen molar-refractivity contribution in [2.24, 2.45) is 0 Å². The van der Waals surface area contributed by atoms with Crippen molar-refractivity contribution in [2.45, 2.75) is 32.2 Å². The van der Waals surface area contributed by atoms with E-state index in [4.69, 9.17) is 0 Å². The van der Waals surface area contributed by atoms with Crippen molar-refractivity contribution in [2.75, 3.05) is 19.6 Å². The maximum Gasteiger partial charge on any atom is 0.275 e. The number of hydrogen-bond donors (Lipinski definition) is 1. The maximum atomic E-state index is 12.3. The minimum atomic E-state index is 0.0347. The van der Waals surface area contributed by atoms with Crippen LogP contribution < -0.4 is 5.32 Å². The van der Waals surface area contributed by atoms with E-state index in [1.165, 1.54) is 0 Å². The van der Waals surface area contributed by atoms with Crippen LogP contribution in [0.4, 0.5) is 0 Å². The molecule has 0 spiro atoms. The lowest BCUT2D eigenvalue weighted by atomic mass is 10.0. The first-order chi connectivity index (χ1) is 8.33. The average molecular weight is 254 g/mol. The Morgan fingerprint density at radius 2 is 2.35 bits per heavy atom. The lowest BCUT2D eigenvalue weighted by molar-refractivity contribution is 0.0637. The molecule has 0 saturated carbocycles. The summed E-state index contributed by atoms with van der Waals surface area (Å²) in [4.78, 5) is 14.3. The van der Waals surface area contributed by atoms with Crippen molar-refractivity contribution in [1.29, 1.82) is 0 Å². The molecule has 1 aliphatic rings. The van der Waals surface area contributed by atoms with Crippen LogP contribution in [-0.2, 0) is 0 Å². The van der Waals surface area contributed by atoms with Crippen molar-refractivity contribution in [1.82, 2.24) is 19.0 Å². The molecule has 0 aromatic carbocycles. The fourth-order valence-corrected chi connectivity index (χ4v) is 2.62. The molecule has 1 amide bonds. The largest absolute Gasteiger partial charge is 0.334 e. The highest BCUT2D eigenvalue weighted by Gasteiger charge is 2.26. The molecule has 2 rings (SSSR count). The number of hydrogen-bond acceptors (Lipinski definition) is 5. The lowest BCUT2D eigenvalue weighted by Crippen LogP contribution is -2.46. The summed E-state index contributed by atoms with van der Waals surface area (Å²) in [5, 5.41) is 3.32. The van der Waals surface area contributed by atoms with Crippen molar-refractivity contribution in [3.63, 3.8) is 0 Å². The summed E-state index contributed by atoms with van der Waals surface area (Å²) in [7, 11) is 0. The second-order valence-electron chi connectivity index (χ2n) is 4.27. The number of carbonyl (C=O) groups excluding carboxylic acids is 1. The number of aromatic nitrogens is 2. The summed E-state index contributed by atoms with van der Waals surface area (Å²) < 4.78 is 7.94. The van der Waals surface area contributed by atoms with Gasteiger partial charge in [0, 0.05) is 12.6 Å². The van der Waals surface area contributed by atoms with E-state index < -0.39 is 0 Å². The fraction of sp³-hybridized carbons (Fsp3) is 0.727. The molecule has 1 aliphatic heterocycles. The third-order valence-corrected chi connectivity index (χ3v) is 3.53. The lowest BCUT2D eigenvalue weighted by Gasteiger charge is -2.34. The number of piperidine rings is 1. The Morgan fingerprint density at radius 1 is 1.59 bits per heavy atom. The topological polar surface area (TPSA) is 58.1 Å². The van der Waals surface area contributed by atoms with Crippen molar-refractivity contribution < 1.29 is 4.79 Å².